The smallest absolute Gasteiger partial charge is 0.331 e. The minimum atomic E-state index is -2.13. The van der Waals surface area contributed by atoms with Gasteiger partial charge in [-0.1, -0.05) is 6.92 Å². The third-order valence-electron chi connectivity index (χ3n) is 2.62. The molecular weight excluding hydrogens is 304 g/mol. The van der Waals surface area contributed by atoms with E-state index in [2.05, 4.69) is 32.7 Å². The van der Waals surface area contributed by atoms with E-state index in [0.29, 0.717) is 6.42 Å². The first-order chi connectivity index (χ1) is 9.51. The van der Waals surface area contributed by atoms with E-state index in [4.69, 9.17) is 13.6 Å². The molecule has 0 aliphatic carbocycles. The number of carbonyl (C=O) groups is 2. The van der Waals surface area contributed by atoms with Crippen LogP contribution in [0, 0.1) is 0 Å². The largest absolute Gasteiger partial charge is 0.463 e. The lowest BCUT2D eigenvalue weighted by atomic mass is 10.5. The first-order valence-electron chi connectivity index (χ1n) is 7.27. The second-order valence-electron chi connectivity index (χ2n) is 6.24. The van der Waals surface area contributed by atoms with Gasteiger partial charge < -0.3 is 13.6 Å². The van der Waals surface area contributed by atoms with Gasteiger partial charge in [-0.3, -0.25) is 0 Å². The van der Waals surface area contributed by atoms with Crippen LogP contribution in [0.5, 0.6) is 0 Å². The SMILES string of the molecule is CCOC(=O)/C=C/C(=O)OC(CC)[Si](C)(C)O[Si](C)(C)C. The molecule has 0 N–H and O–H groups in total. The highest BCUT2D eigenvalue weighted by atomic mass is 28.4. The standard InChI is InChI=1S/C14H28O5Si2/c1-8-14(21(6,7)19-20(3,4)5)18-13(16)11-10-12(15)17-9-2/h10-11,14H,8-9H2,1-7H3/b11-10+. The van der Waals surface area contributed by atoms with Crippen molar-refractivity contribution in [3.63, 3.8) is 0 Å². The summed E-state index contributed by atoms with van der Waals surface area (Å²) in [5.74, 6) is -1.08. The van der Waals surface area contributed by atoms with Crippen molar-refractivity contribution in [1.82, 2.24) is 0 Å². The molecule has 0 fully saturated rings. The van der Waals surface area contributed by atoms with E-state index in [-0.39, 0.29) is 12.3 Å². The summed E-state index contributed by atoms with van der Waals surface area (Å²) in [6, 6.07) is 0. The molecular formula is C14H28O5Si2. The number of rotatable bonds is 8. The average Bonchev–Trinajstić information content (AvgIpc) is 2.30. The number of ether oxygens (including phenoxy) is 2. The molecule has 0 saturated heterocycles. The first-order valence-corrected chi connectivity index (χ1v) is 13.7. The molecule has 0 aliphatic rings. The molecule has 0 rings (SSSR count). The summed E-state index contributed by atoms with van der Waals surface area (Å²) >= 11 is 0. The number of hydrogen-bond acceptors (Lipinski definition) is 5. The molecule has 0 heterocycles. The fourth-order valence-electron chi connectivity index (χ4n) is 2.08. The summed E-state index contributed by atoms with van der Waals surface area (Å²) in [5, 5.41) is 0. The van der Waals surface area contributed by atoms with Gasteiger partial charge in [0.05, 0.1) is 6.61 Å². The number of hydrogen-bond donors (Lipinski definition) is 0. The van der Waals surface area contributed by atoms with Crippen molar-refractivity contribution < 1.29 is 23.2 Å². The molecule has 1 atom stereocenters. The van der Waals surface area contributed by atoms with Crippen molar-refractivity contribution >= 4 is 28.6 Å². The van der Waals surface area contributed by atoms with Crippen LogP contribution in [0.4, 0.5) is 0 Å². The molecule has 0 aliphatic heterocycles. The lowest BCUT2D eigenvalue weighted by Crippen LogP contribution is -2.52. The third-order valence-corrected chi connectivity index (χ3v) is 9.25. The van der Waals surface area contributed by atoms with Crippen LogP contribution in [0.25, 0.3) is 0 Å². The van der Waals surface area contributed by atoms with Gasteiger partial charge in [-0.05, 0) is 46.1 Å². The Labute approximate surface area is 129 Å². The second kappa shape index (κ2) is 8.50. The molecule has 0 spiro atoms. The monoisotopic (exact) mass is 332 g/mol. The van der Waals surface area contributed by atoms with Gasteiger partial charge in [-0.15, -0.1) is 0 Å². The minimum Gasteiger partial charge on any atom is -0.463 e. The quantitative estimate of drug-likeness (QED) is 0.388. The van der Waals surface area contributed by atoms with Crippen molar-refractivity contribution in [3.8, 4) is 0 Å². The van der Waals surface area contributed by atoms with Gasteiger partial charge in [0.1, 0.15) is 5.73 Å². The molecule has 7 heteroatoms. The minimum absolute atomic E-state index is 0.233. The molecule has 0 bridgehead atoms. The second-order valence-corrected chi connectivity index (χ2v) is 15.1. The van der Waals surface area contributed by atoms with Crippen LogP contribution >= 0.6 is 0 Å². The van der Waals surface area contributed by atoms with E-state index in [9.17, 15) is 9.59 Å². The average molecular weight is 333 g/mol. The highest BCUT2D eigenvalue weighted by Crippen LogP contribution is 2.22. The van der Waals surface area contributed by atoms with Crippen LogP contribution in [0.1, 0.15) is 20.3 Å². The van der Waals surface area contributed by atoms with Crippen LogP contribution in [-0.2, 0) is 23.2 Å². The van der Waals surface area contributed by atoms with Crippen molar-refractivity contribution in [2.24, 2.45) is 0 Å². The normalized spacial score (nSPS) is 14.0. The van der Waals surface area contributed by atoms with E-state index < -0.39 is 28.6 Å². The Bertz CT molecular complexity index is 385. The highest BCUT2D eigenvalue weighted by molar-refractivity contribution is 6.84. The van der Waals surface area contributed by atoms with E-state index in [0.717, 1.165) is 12.2 Å². The molecule has 0 aromatic rings. The molecule has 21 heavy (non-hydrogen) atoms. The molecule has 122 valence electrons. The maximum Gasteiger partial charge on any atom is 0.331 e. The maximum absolute atomic E-state index is 11.8. The molecule has 0 aromatic heterocycles. The predicted octanol–water partition coefficient (Wildman–Crippen LogP) is 3.02. The van der Waals surface area contributed by atoms with E-state index in [1.54, 1.807) is 6.92 Å². The van der Waals surface area contributed by atoms with Gasteiger partial charge in [-0.25, -0.2) is 9.59 Å². The Morgan fingerprint density at radius 1 is 1.00 bits per heavy atom. The summed E-state index contributed by atoms with van der Waals surface area (Å²) in [5.41, 5.74) is -0.233. The Kier molecular flexibility index (Phi) is 8.13. The van der Waals surface area contributed by atoms with Gasteiger partial charge in [0.25, 0.3) is 0 Å². The zero-order valence-electron chi connectivity index (χ0n) is 14.2. The molecule has 0 aromatic carbocycles. The van der Waals surface area contributed by atoms with Gasteiger partial charge in [-0.2, -0.15) is 0 Å². The fraction of sp³-hybridized carbons (Fsp3) is 0.714. The van der Waals surface area contributed by atoms with Crippen molar-refractivity contribution in [1.29, 1.82) is 0 Å². The third kappa shape index (κ3) is 8.84. The molecule has 0 amide bonds. The zero-order chi connectivity index (χ0) is 16.7. The van der Waals surface area contributed by atoms with Crippen LogP contribution in [0.15, 0.2) is 12.2 Å². The summed E-state index contributed by atoms with van der Waals surface area (Å²) in [7, 11) is -3.83. The summed E-state index contributed by atoms with van der Waals surface area (Å²) in [4.78, 5) is 23.0. The molecule has 1 unspecified atom stereocenters. The van der Waals surface area contributed by atoms with Crippen molar-refractivity contribution in [3.05, 3.63) is 12.2 Å². The predicted molar refractivity (Wildman–Crippen MR) is 87.9 cm³/mol. The van der Waals surface area contributed by atoms with Crippen molar-refractivity contribution in [2.75, 3.05) is 6.61 Å². The number of carbonyl (C=O) groups excluding carboxylic acids is 2. The lowest BCUT2D eigenvalue weighted by Gasteiger charge is -2.36. The van der Waals surface area contributed by atoms with Crippen LogP contribution < -0.4 is 0 Å². The van der Waals surface area contributed by atoms with E-state index >= 15 is 0 Å². The number of esters is 2. The summed E-state index contributed by atoms with van der Waals surface area (Å²) < 4.78 is 16.4. The van der Waals surface area contributed by atoms with E-state index in [1.807, 2.05) is 6.92 Å². The zero-order valence-corrected chi connectivity index (χ0v) is 16.2. The van der Waals surface area contributed by atoms with Crippen LogP contribution in [0.2, 0.25) is 32.7 Å². The summed E-state index contributed by atoms with van der Waals surface area (Å²) in [6.45, 7) is 14.4. The fourth-order valence-corrected chi connectivity index (χ4v) is 10.3. The van der Waals surface area contributed by atoms with Gasteiger partial charge in [0.2, 0.25) is 8.32 Å². The van der Waals surface area contributed by atoms with E-state index in [1.165, 1.54) is 0 Å². The van der Waals surface area contributed by atoms with Crippen LogP contribution in [0.3, 0.4) is 0 Å². The Morgan fingerprint density at radius 2 is 1.52 bits per heavy atom. The molecule has 5 nitrogen and oxygen atoms in total. The summed E-state index contributed by atoms with van der Waals surface area (Å²) in [6.07, 6.45) is 2.90. The Morgan fingerprint density at radius 3 is 1.95 bits per heavy atom. The Hall–Kier alpha value is -0.926. The van der Waals surface area contributed by atoms with Crippen LogP contribution in [-0.4, -0.2) is 40.9 Å². The first kappa shape index (κ1) is 20.1. The topological polar surface area (TPSA) is 61.8 Å². The highest BCUT2D eigenvalue weighted by Gasteiger charge is 2.39. The molecule has 0 radical (unpaired) electrons. The van der Waals surface area contributed by atoms with Gasteiger partial charge >= 0.3 is 11.9 Å². The van der Waals surface area contributed by atoms with Crippen molar-refractivity contribution in [2.45, 2.75) is 58.7 Å². The maximum atomic E-state index is 11.8. The molecule has 0 saturated carbocycles. The lowest BCUT2D eigenvalue weighted by molar-refractivity contribution is -0.142. The van der Waals surface area contributed by atoms with Gasteiger partial charge in [0, 0.05) is 12.2 Å². The van der Waals surface area contributed by atoms with Gasteiger partial charge in [0.15, 0.2) is 8.32 Å². The Balaban J connectivity index is 4.69.